The highest BCUT2D eigenvalue weighted by Gasteiger charge is 2.35. The number of nitrogens with zero attached hydrogens (tertiary/aromatic N) is 7. The van der Waals surface area contributed by atoms with E-state index in [1.807, 2.05) is 51.1 Å². The van der Waals surface area contributed by atoms with Crippen LogP contribution in [0.2, 0.25) is 5.02 Å². The molecule has 9 nitrogen and oxygen atoms in total. The molecule has 1 amide bonds. The topological polar surface area (TPSA) is 97.1 Å². The Hall–Kier alpha value is -4.11. The van der Waals surface area contributed by atoms with Crippen LogP contribution in [0.1, 0.15) is 69.3 Å². The van der Waals surface area contributed by atoms with Gasteiger partial charge in [-0.25, -0.2) is 24.3 Å². The number of hydrogen-bond acceptors (Lipinski definition) is 7. The van der Waals surface area contributed by atoms with E-state index < -0.39 is 5.69 Å². The normalized spacial score (nSPS) is 18.9. The fourth-order valence-corrected chi connectivity index (χ4v) is 6.37. The third-order valence-electron chi connectivity index (χ3n) is 8.53. The first-order valence-corrected chi connectivity index (χ1v) is 15.2. The first-order chi connectivity index (χ1) is 20.6. The largest absolute Gasteiger partial charge is 0.355 e. The van der Waals surface area contributed by atoms with Crippen LogP contribution < -0.4 is 10.6 Å². The van der Waals surface area contributed by atoms with Crippen molar-refractivity contribution in [1.82, 2.24) is 29.4 Å². The molecular weight excluding hydrogens is 562 g/mol. The first-order valence-electron chi connectivity index (χ1n) is 14.8. The molecule has 0 unspecified atom stereocenters. The summed E-state index contributed by atoms with van der Waals surface area (Å²) in [5.41, 5.74) is 4.82. The number of halogens is 1. The SMILES string of the molecule is C=CC(=O)N1C[C@H](C)N(c2nc(=O)n(-c3c(C(C)C)ncnc3C3CC3)c3nc(-c4ccccc4C)c(Cl)cc23)C[C@H]1C. The molecule has 4 aromatic rings. The number of anilines is 1. The van der Waals surface area contributed by atoms with Crippen molar-refractivity contribution in [3.8, 4) is 16.9 Å². The van der Waals surface area contributed by atoms with Crippen molar-refractivity contribution in [3.05, 3.63) is 81.8 Å². The minimum Gasteiger partial charge on any atom is -0.349 e. The summed E-state index contributed by atoms with van der Waals surface area (Å²) in [6, 6.07) is 9.57. The van der Waals surface area contributed by atoms with Crippen molar-refractivity contribution in [1.29, 1.82) is 0 Å². The highest BCUT2D eigenvalue weighted by Crippen LogP contribution is 2.44. The number of rotatable bonds is 6. The molecule has 1 aliphatic carbocycles. The second-order valence-corrected chi connectivity index (χ2v) is 12.4. The van der Waals surface area contributed by atoms with Gasteiger partial charge in [0.1, 0.15) is 12.1 Å². The molecule has 1 aromatic carbocycles. The Morgan fingerprint density at radius 1 is 1.09 bits per heavy atom. The maximum absolute atomic E-state index is 14.3. The monoisotopic (exact) mass is 597 g/mol. The first kappa shape index (κ1) is 29.0. The van der Waals surface area contributed by atoms with E-state index in [-0.39, 0.29) is 29.8 Å². The number of carbonyl (C=O) groups is 1. The summed E-state index contributed by atoms with van der Waals surface area (Å²) in [4.78, 5) is 49.9. The van der Waals surface area contributed by atoms with Gasteiger partial charge in [0.25, 0.3) is 0 Å². The minimum absolute atomic E-state index is 0.0385. The van der Waals surface area contributed by atoms with Gasteiger partial charge in [-0.1, -0.05) is 56.3 Å². The van der Waals surface area contributed by atoms with Crippen LogP contribution in [0.25, 0.3) is 28.0 Å². The molecule has 222 valence electrons. The second kappa shape index (κ2) is 11.2. The standard InChI is InChI=1S/C33H36ClN7O2/c1-7-26(42)39-15-21(6)40(16-20(39)5)31-24-14-25(34)29(23-11-9-8-10-19(23)4)37-32(24)41(33(43)38-31)30-27(18(2)3)35-17-36-28(30)22-12-13-22/h7-11,14,17-18,20-22H,1,12-13,15-16H2,2-6H3/t20-,21+/m1/s1. The summed E-state index contributed by atoms with van der Waals surface area (Å²) in [6.07, 6.45) is 4.96. The third-order valence-corrected chi connectivity index (χ3v) is 8.82. The number of hydrogen-bond donors (Lipinski definition) is 0. The van der Waals surface area contributed by atoms with Gasteiger partial charge in [0, 0.05) is 36.7 Å². The van der Waals surface area contributed by atoms with Crippen molar-refractivity contribution >= 4 is 34.4 Å². The zero-order valence-electron chi connectivity index (χ0n) is 25.2. The summed E-state index contributed by atoms with van der Waals surface area (Å²) in [5.74, 6) is 0.689. The fraction of sp³-hybridized carbons (Fsp3) is 0.394. The van der Waals surface area contributed by atoms with E-state index in [9.17, 15) is 9.59 Å². The lowest BCUT2D eigenvalue weighted by Crippen LogP contribution is -2.58. The summed E-state index contributed by atoms with van der Waals surface area (Å²) in [5, 5.41) is 1.12. The molecule has 1 aliphatic heterocycles. The number of amides is 1. The van der Waals surface area contributed by atoms with Crippen LogP contribution >= 0.6 is 11.6 Å². The molecule has 2 aliphatic rings. The lowest BCUT2D eigenvalue weighted by molar-refractivity contribution is -0.128. The van der Waals surface area contributed by atoms with E-state index in [2.05, 4.69) is 35.3 Å². The van der Waals surface area contributed by atoms with E-state index in [4.69, 9.17) is 21.6 Å². The predicted molar refractivity (Wildman–Crippen MR) is 170 cm³/mol. The van der Waals surface area contributed by atoms with Crippen LogP contribution in [-0.2, 0) is 4.79 Å². The number of pyridine rings is 1. The van der Waals surface area contributed by atoms with Crippen LogP contribution in [0.4, 0.5) is 5.82 Å². The number of aryl methyl sites for hydroxylation is 1. The van der Waals surface area contributed by atoms with Crippen molar-refractivity contribution in [3.63, 3.8) is 0 Å². The summed E-state index contributed by atoms with van der Waals surface area (Å²) in [6.45, 7) is 14.8. The molecule has 1 saturated heterocycles. The molecule has 0 spiro atoms. The van der Waals surface area contributed by atoms with E-state index >= 15 is 0 Å². The van der Waals surface area contributed by atoms with Crippen molar-refractivity contribution in [2.75, 3.05) is 18.0 Å². The van der Waals surface area contributed by atoms with Gasteiger partial charge in [0.2, 0.25) is 5.91 Å². The van der Waals surface area contributed by atoms with E-state index in [0.29, 0.717) is 46.3 Å². The highest BCUT2D eigenvalue weighted by molar-refractivity contribution is 6.34. The Bertz CT molecular complexity index is 1790. The smallest absolute Gasteiger partial charge is 0.349 e. The number of carbonyl (C=O) groups excluding carboxylic acids is 1. The molecule has 6 rings (SSSR count). The van der Waals surface area contributed by atoms with Gasteiger partial charge in [-0.05, 0) is 57.2 Å². The van der Waals surface area contributed by atoms with E-state index in [1.165, 1.54) is 6.08 Å². The average molecular weight is 598 g/mol. The van der Waals surface area contributed by atoms with Crippen molar-refractivity contribution < 1.29 is 4.79 Å². The van der Waals surface area contributed by atoms with Crippen molar-refractivity contribution in [2.45, 2.75) is 71.4 Å². The predicted octanol–water partition coefficient (Wildman–Crippen LogP) is 5.81. The zero-order valence-corrected chi connectivity index (χ0v) is 26.0. The molecule has 2 atom stereocenters. The van der Waals surface area contributed by atoms with Gasteiger partial charge in [-0.15, -0.1) is 0 Å². The molecule has 2 fully saturated rings. The molecular formula is C33H36ClN7O2. The highest BCUT2D eigenvalue weighted by atomic mass is 35.5. The van der Waals surface area contributed by atoms with E-state index in [1.54, 1.807) is 15.8 Å². The van der Waals surface area contributed by atoms with Gasteiger partial charge in [-0.3, -0.25) is 4.79 Å². The van der Waals surface area contributed by atoms with Gasteiger partial charge in [-0.2, -0.15) is 4.98 Å². The number of fused-ring (bicyclic) bond motifs is 1. The van der Waals surface area contributed by atoms with Gasteiger partial charge < -0.3 is 9.80 Å². The maximum atomic E-state index is 14.3. The Kier molecular flexibility index (Phi) is 7.54. The van der Waals surface area contributed by atoms with Crippen LogP contribution in [0.3, 0.4) is 0 Å². The minimum atomic E-state index is -0.448. The lowest BCUT2D eigenvalue weighted by Gasteiger charge is -2.44. The van der Waals surface area contributed by atoms with Gasteiger partial charge >= 0.3 is 5.69 Å². The molecule has 4 heterocycles. The fourth-order valence-electron chi connectivity index (χ4n) is 6.11. The summed E-state index contributed by atoms with van der Waals surface area (Å²) in [7, 11) is 0. The Balaban J connectivity index is 1.65. The van der Waals surface area contributed by atoms with Crippen LogP contribution in [-0.4, -0.2) is 60.5 Å². The maximum Gasteiger partial charge on any atom is 0.355 e. The lowest BCUT2D eigenvalue weighted by atomic mass is 10.0. The van der Waals surface area contributed by atoms with Crippen molar-refractivity contribution in [2.24, 2.45) is 0 Å². The summed E-state index contributed by atoms with van der Waals surface area (Å²) < 4.78 is 1.60. The van der Waals surface area contributed by atoms with Gasteiger partial charge in [0.05, 0.1) is 33.2 Å². The van der Waals surface area contributed by atoms with Gasteiger partial charge in [0.15, 0.2) is 5.65 Å². The molecule has 3 aromatic heterocycles. The second-order valence-electron chi connectivity index (χ2n) is 12.0. The Morgan fingerprint density at radius 2 is 1.84 bits per heavy atom. The molecule has 43 heavy (non-hydrogen) atoms. The quantitative estimate of drug-likeness (QED) is 0.259. The molecule has 1 saturated carbocycles. The Morgan fingerprint density at radius 3 is 2.51 bits per heavy atom. The molecule has 0 radical (unpaired) electrons. The summed E-state index contributed by atoms with van der Waals surface area (Å²) >= 11 is 7.00. The average Bonchev–Trinajstić information content (AvgIpc) is 3.83. The zero-order chi connectivity index (χ0) is 30.6. The third kappa shape index (κ3) is 5.09. The Labute approximate surface area is 256 Å². The van der Waals surface area contributed by atoms with E-state index in [0.717, 1.165) is 35.4 Å². The molecule has 0 N–H and O–H groups in total. The number of aromatic nitrogens is 5. The molecule has 0 bridgehead atoms. The number of benzene rings is 1. The van der Waals surface area contributed by atoms with Crippen LogP contribution in [0.5, 0.6) is 0 Å². The number of piperazine rings is 1. The van der Waals surface area contributed by atoms with Crippen LogP contribution in [0.15, 0.2) is 54.1 Å². The van der Waals surface area contributed by atoms with Crippen LogP contribution in [0, 0.1) is 6.92 Å². The molecule has 10 heteroatoms.